The van der Waals surface area contributed by atoms with E-state index in [1.54, 1.807) is 0 Å². The molecule has 1 aliphatic heterocycles. The topological polar surface area (TPSA) is 123 Å². The average molecular weight is 567 g/mol. The van der Waals surface area contributed by atoms with E-state index < -0.39 is 6.04 Å². The Labute approximate surface area is 248 Å². The number of carbonyl (C=O) groups excluding carboxylic acids is 2. The van der Waals surface area contributed by atoms with Gasteiger partial charge in [0.25, 0.3) is 0 Å². The molecular formula is C34H42N6O2. The second-order valence-electron chi connectivity index (χ2n) is 11.5. The number of rotatable bonds is 11. The van der Waals surface area contributed by atoms with E-state index >= 15 is 0 Å². The van der Waals surface area contributed by atoms with Crippen LogP contribution in [0.3, 0.4) is 0 Å². The summed E-state index contributed by atoms with van der Waals surface area (Å²) in [7, 11) is 0. The zero-order valence-electron chi connectivity index (χ0n) is 24.2. The number of hydrogen-bond donors (Lipinski definition) is 5. The van der Waals surface area contributed by atoms with Crippen molar-refractivity contribution < 1.29 is 9.59 Å². The van der Waals surface area contributed by atoms with E-state index in [2.05, 4.69) is 52.3 Å². The van der Waals surface area contributed by atoms with Gasteiger partial charge in [0.15, 0.2) is 5.96 Å². The zero-order valence-corrected chi connectivity index (χ0v) is 24.2. The molecule has 2 amide bonds. The van der Waals surface area contributed by atoms with E-state index in [-0.39, 0.29) is 47.6 Å². The number of nitrogens with one attached hydrogen (secondary N) is 4. The van der Waals surface area contributed by atoms with Gasteiger partial charge in [0.05, 0.1) is 6.04 Å². The molecule has 5 atom stereocenters. The summed E-state index contributed by atoms with van der Waals surface area (Å²) in [5, 5.41) is 17.5. The van der Waals surface area contributed by atoms with E-state index in [1.807, 2.05) is 66.4 Å². The summed E-state index contributed by atoms with van der Waals surface area (Å²) >= 11 is 0. The van der Waals surface area contributed by atoms with Crippen LogP contribution in [0.4, 0.5) is 0 Å². The van der Waals surface area contributed by atoms with Gasteiger partial charge in [-0.3, -0.25) is 20.3 Å². The van der Waals surface area contributed by atoms with Crippen molar-refractivity contribution in [2.45, 2.75) is 56.1 Å². The van der Waals surface area contributed by atoms with Gasteiger partial charge in [-0.25, -0.2) is 0 Å². The molecule has 2 fully saturated rings. The van der Waals surface area contributed by atoms with Crippen molar-refractivity contribution in [3.8, 4) is 0 Å². The molecule has 3 aromatic rings. The summed E-state index contributed by atoms with van der Waals surface area (Å²) in [5.74, 6) is 0.162. The third-order valence-electron chi connectivity index (χ3n) is 8.61. The largest absolute Gasteiger partial charge is 0.370 e. The highest BCUT2D eigenvalue weighted by Gasteiger charge is 2.44. The molecule has 1 saturated carbocycles. The minimum Gasteiger partial charge on any atom is -0.370 e. The van der Waals surface area contributed by atoms with E-state index in [1.165, 1.54) is 5.56 Å². The Balaban J connectivity index is 1.32. The summed E-state index contributed by atoms with van der Waals surface area (Å²) < 4.78 is 0. The van der Waals surface area contributed by atoms with Crippen LogP contribution in [0.1, 0.15) is 54.7 Å². The van der Waals surface area contributed by atoms with Gasteiger partial charge < -0.3 is 21.3 Å². The maximum Gasteiger partial charge on any atom is 0.241 e. The lowest BCUT2D eigenvalue weighted by molar-refractivity contribution is -0.133. The number of benzene rings is 3. The molecule has 1 aliphatic carbocycles. The maximum atomic E-state index is 14.2. The third-order valence-corrected chi connectivity index (χ3v) is 8.61. The Hall–Kier alpha value is -4.17. The molecule has 8 heteroatoms. The van der Waals surface area contributed by atoms with Crippen LogP contribution in [0, 0.1) is 11.3 Å². The van der Waals surface area contributed by atoms with Gasteiger partial charge in [0.1, 0.15) is 6.04 Å². The average Bonchev–Trinajstić information content (AvgIpc) is 3.84. The molecule has 220 valence electrons. The Morgan fingerprint density at radius 1 is 1.00 bits per heavy atom. The van der Waals surface area contributed by atoms with E-state index in [4.69, 9.17) is 11.1 Å². The Bertz CT molecular complexity index is 1300. The molecule has 0 aromatic heterocycles. The minimum absolute atomic E-state index is 0.00706. The second-order valence-corrected chi connectivity index (χ2v) is 11.5. The molecule has 5 rings (SSSR count). The lowest BCUT2D eigenvalue weighted by Gasteiger charge is -2.33. The number of carbonyl (C=O) groups is 2. The van der Waals surface area contributed by atoms with Crippen molar-refractivity contribution in [3.63, 3.8) is 0 Å². The summed E-state index contributed by atoms with van der Waals surface area (Å²) in [6, 6.07) is 29.7. The molecule has 6 N–H and O–H groups in total. The van der Waals surface area contributed by atoms with Gasteiger partial charge in [-0.15, -0.1) is 0 Å². The predicted molar refractivity (Wildman–Crippen MR) is 166 cm³/mol. The Morgan fingerprint density at radius 2 is 1.60 bits per heavy atom. The van der Waals surface area contributed by atoms with Gasteiger partial charge in [-0.1, -0.05) is 97.9 Å². The van der Waals surface area contributed by atoms with Crippen LogP contribution in [-0.2, 0) is 9.59 Å². The van der Waals surface area contributed by atoms with Crippen molar-refractivity contribution in [2.75, 3.05) is 19.6 Å². The van der Waals surface area contributed by atoms with Crippen LogP contribution in [0.25, 0.3) is 0 Å². The van der Waals surface area contributed by atoms with Crippen LogP contribution in [0.2, 0.25) is 0 Å². The highest BCUT2D eigenvalue weighted by atomic mass is 16.2. The summed E-state index contributed by atoms with van der Waals surface area (Å²) in [5.41, 5.74) is 9.24. The molecular weight excluding hydrogens is 524 g/mol. The standard InChI is InChI=1S/C34H42N6O2/c1-2-30(39-34(35)36)31-33(42)40(22-29(24-14-8-4-9-15-24)25-16-10-5-11-17-25)19-18-26(38-31)21-37-32(41)28-20-27(28)23-12-6-3-7-13-23/h3-17,26-31,38H,2,18-22H2,1H3,(H,37,41)(H4,35,36,39)/t26-,27?,28?,30?,31-/m0/s1. The molecule has 0 spiro atoms. The highest BCUT2D eigenvalue weighted by molar-refractivity contribution is 5.85. The van der Waals surface area contributed by atoms with Crippen LogP contribution in [-0.4, -0.2) is 60.4 Å². The molecule has 0 radical (unpaired) electrons. The van der Waals surface area contributed by atoms with Crippen molar-refractivity contribution in [1.82, 2.24) is 20.9 Å². The van der Waals surface area contributed by atoms with Crippen LogP contribution in [0.5, 0.6) is 0 Å². The molecule has 42 heavy (non-hydrogen) atoms. The lowest BCUT2D eigenvalue weighted by Crippen LogP contribution is -2.60. The Kier molecular flexibility index (Phi) is 9.54. The van der Waals surface area contributed by atoms with Crippen molar-refractivity contribution in [3.05, 3.63) is 108 Å². The summed E-state index contributed by atoms with van der Waals surface area (Å²) in [4.78, 5) is 29.1. The number of nitrogens with two attached hydrogens (primary N) is 1. The first-order chi connectivity index (χ1) is 20.4. The van der Waals surface area contributed by atoms with Gasteiger partial charge in [0.2, 0.25) is 11.8 Å². The normalized spacial score (nSPS) is 22.7. The maximum absolute atomic E-state index is 14.2. The van der Waals surface area contributed by atoms with Crippen molar-refractivity contribution in [2.24, 2.45) is 11.7 Å². The SMILES string of the molecule is CCC(NC(=N)N)[C@@H]1N[C@H](CNC(=O)C2CC2c2ccccc2)CCN(CC(c2ccccc2)c2ccccc2)C1=O. The summed E-state index contributed by atoms with van der Waals surface area (Å²) in [6.07, 6.45) is 2.17. The fraction of sp³-hybridized carbons (Fsp3) is 0.382. The van der Waals surface area contributed by atoms with Gasteiger partial charge in [-0.05, 0) is 41.9 Å². The molecule has 8 nitrogen and oxygen atoms in total. The van der Waals surface area contributed by atoms with E-state index in [9.17, 15) is 9.59 Å². The van der Waals surface area contributed by atoms with Crippen LogP contribution < -0.4 is 21.7 Å². The Morgan fingerprint density at radius 3 is 2.17 bits per heavy atom. The monoisotopic (exact) mass is 566 g/mol. The number of nitrogens with zero attached hydrogens (tertiary/aromatic N) is 1. The number of amides is 2. The lowest BCUT2D eigenvalue weighted by atomic mass is 9.90. The predicted octanol–water partition coefficient (Wildman–Crippen LogP) is 3.56. The van der Waals surface area contributed by atoms with Gasteiger partial charge >= 0.3 is 0 Å². The fourth-order valence-corrected chi connectivity index (χ4v) is 6.18. The van der Waals surface area contributed by atoms with Crippen molar-refractivity contribution >= 4 is 17.8 Å². The van der Waals surface area contributed by atoms with Crippen LogP contribution in [0.15, 0.2) is 91.0 Å². The smallest absolute Gasteiger partial charge is 0.241 e. The first-order valence-electron chi connectivity index (χ1n) is 15.0. The number of guanidine groups is 1. The minimum atomic E-state index is -0.589. The molecule has 1 saturated heterocycles. The van der Waals surface area contributed by atoms with Crippen LogP contribution >= 0.6 is 0 Å². The molecule has 3 aromatic carbocycles. The molecule has 0 bridgehead atoms. The van der Waals surface area contributed by atoms with E-state index in [0.717, 1.165) is 17.5 Å². The molecule has 3 unspecified atom stereocenters. The molecule has 1 heterocycles. The summed E-state index contributed by atoms with van der Waals surface area (Å²) in [6.45, 7) is 3.51. The zero-order chi connectivity index (χ0) is 29.5. The van der Waals surface area contributed by atoms with Gasteiger partial charge in [0, 0.05) is 37.5 Å². The van der Waals surface area contributed by atoms with E-state index in [0.29, 0.717) is 32.5 Å². The highest BCUT2D eigenvalue weighted by Crippen LogP contribution is 2.47. The molecule has 2 aliphatic rings. The van der Waals surface area contributed by atoms with Gasteiger partial charge in [-0.2, -0.15) is 0 Å². The first kappa shape index (κ1) is 29.3. The third kappa shape index (κ3) is 7.18. The number of hydrogen-bond acceptors (Lipinski definition) is 4. The first-order valence-corrected chi connectivity index (χ1v) is 15.0. The van der Waals surface area contributed by atoms with Crippen molar-refractivity contribution in [1.29, 1.82) is 5.41 Å². The fourth-order valence-electron chi connectivity index (χ4n) is 6.18. The quantitative estimate of drug-likeness (QED) is 0.179. The second kappa shape index (κ2) is 13.7.